The fourth-order valence-electron chi connectivity index (χ4n) is 5.01. The first-order chi connectivity index (χ1) is 16.9. The van der Waals surface area contributed by atoms with Gasteiger partial charge in [0.1, 0.15) is 5.75 Å². The molecule has 8 heteroatoms. The maximum Gasteiger partial charge on any atom is 0.253 e. The molecule has 4 rings (SSSR count). The van der Waals surface area contributed by atoms with Gasteiger partial charge < -0.3 is 9.64 Å². The third-order valence-corrected chi connectivity index (χ3v) is 9.33. The molecule has 1 amide bonds. The Morgan fingerprint density at radius 3 is 2.17 bits per heavy atom. The second-order valence-corrected chi connectivity index (χ2v) is 11.6. The number of piperazine rings is 1. The molecule has 190 valence electrons. The summed E-state index contributed by atoms with van der Waals surface area (Å²) in [6, 6.07) is 14.7. The summed E-state index contributed by atoms with van der Waals surface area (Å²) < 4.78 is 32.9. The minimum absolute atomic E-state index is 0.0376. The first-order valence-corrected chi connectivity index (χ1v) is 14.0. The number of amides is 1. The third-order valence-electron chi connectivity index (χ3n) is 7.40. The van der Waals surface area contributed by atoms with Gasteiger partial charge in [-0.15, -0.1) is 0 Å². The number of hydrogen-bond acceptors (Lipinski definition) is 5. The Morgan fingerprint density at radius 1 is 0.943 bits per heavy atom. The van der Waals surface area contributed by atoms with E-state index in [9.17, 15) is 13.2 Å². The summed E-state index contributed by atoms with van der Waals surface area (Å²) >= 11 is 0. The average molecular weight is 500 g/mol. The van der Waals surface area contributed by atoms with Crippen LogP contribution in [0.15, 0.2) is 53.4 Å². The number of carbonyl (C=O) groups is 1. The molecule has 2 aliphatic rings. The molecule has 1 saturated heterocycles. The molecule has 0 spiro atoms. The predicted octanol–water partition coefficient (Wildman–Crippen LogP) is 3.65. The Kier molecular flexibility index (Phi) is 8.46. The molecule has 1 heterocycles. The fourth-order valence-corrected chi connectivity index (χ4v) is 6.43. The van der Waals surface area contributed by atoms with E-state index in [1.165, 1.54) is 16.3 Å². The van der Waals surface area contributed by atoms with Gasteiger partial charge in [-0.25, -0.2) is 8.42 Å². The Balaban J connectivity index is 1.28. The lowest BCUT2D eigenvalue weighted by Crippen LogP contribution is -2.49. The van der Waals surface area contributed by atoms with E-state index in [-0.39, 0.29) is 16.8 Å². The largest absolute Gasteiger partial charge is 0.497 e. The van der Waals surface area contributed by atoms with Crippen LogP contribution in [0.25, 0.3) is 0 Å². The van der Waals surface area contributed by atoms with Crippen LogP contribution in [-0.4, -0.2) is 81.4 Å². The lowest BCUT2D eigenvalue weighted by atomic mass is 9.96. The van der Waals surface area contributed by atoms with Crippen LogP contribution in [0.3, 0.4) is 0 Å². The highest BCUT2D eigenvalue weighted by Crippen LogP contribution is 2.26. The van der Waals surface area contributed by atoms with E-state index in [0.717, 1.165) is 57.5 Å². The van der Waals surface area contributed by atoms with Crippen molar-refractivity contribution in [2.24, 2.45) is 0 Å². The molecule has 2 aromatic carbocycles. The smallest absolute Gasteiger partial charge is 0.253 e. The van der Waals surface area contributed by atoms with Gasteiger partial charge in [-0.2, -0.15) is 4.31 Å². The van der Waals surface area contributed by atoms with Crippen LogP contribution in [0.2, 0.25) is 0 Å². The van der Waals surface area contributed by atoms with E-state index in [1.807, 2.05) is 17.0 Å². The van der Waals surface area contributed by atoms with E-state index in [2.05, 4.69) is 17.0 Å². The quantitative estimate of drug-likeness (QED) is 0.555. The molecule has 0 unspecified atom stereocenters. The Bertz CT molecular complexity index is 1070. The third kappa shape index (κ3) is 6.23. The van der Waals surface area contributed by atoms with Crippen LogP contribution in [-0.2, 0) is 16.4 Å². The van der Waals surface area contributed by atoms with Crippen molar-refractivity contribution in [3.05, 3.63) is 59.7 Å². The van der Waals surface area contributed by atoms with Crippen molar-refractivity contribution in [2.75, 3.05) is 46.9 Å². The Morgan fingerprint density at radius 2 is 1.57 bits per heavy atom. The van der Waals surface area contributed by atoms with Gasteiger partial charge in [0, 0.05) is 51.4 Å². The van der Waals surface area contributed by atoms with Crippen LogP contribution in [0.4, 0.5) is 0 Å². The number of rotatable bonds is 8. The van der Waals surface area contributed by atoms with Gasteiger partial charge in [-0.05, 0) is 61.2 Å². The van der Waals surface area contributed by atoms with E-state index in [1.54, 1.807) is 38.4 Å². The lowest BCUT2D eigenvalue weighted by molar-refractivity contribution is 0.0638. The van der Waals surface area contributed by atoms with Gasteiger partial charge in [-0.1, -0.05) is 31.4 Å². The van der Waals surface area contributed by atoms with Crippen LogP contribution in [0.5, 0.6) is 5.75 Å². The molecule has 35 heavy (non-hydrogen) atoms. The number of methoxy groups -OCH3 is 1. The molecular formula is C27H37N3O4S. The van der Waals surface area contributed by atoms with Gasteiger partial charge in [0.25, 0.3) is 5.91 Å². The standard InChI is InChI=1S/C27H37N3O4S/c1-28(24-6-4-3-5-7-24)35(32,33)26-14-10-23(11-15-26)27(31)30-20-18-29(19-21-30)17-16-22-8-12-25(34-2)13-9-22/h8-15,24H,3-7,16-21H2,1-2H3. The van der Waals surface area contributed by atoms with Gasteiger partial charge in [0.2, 0.25) is 10.0 Å². The summed E-state index contributed by atoms with van der Waals surface area (Å²) in [4.78, 5) is 17.5. The Labute approximate surface area is 209 Å². The van der Waals surface area contributed by atoms with Crippen LogP contribution >= 0.6 is 0 Å². The molecule has 2 fully saturated rings. The van der Waals surface area contributed by atoms with Crippen molar-refractivity contribution in [2.45, 2.75) is 49.5 Å². The zero-order valence-electron chi connectivity index (χ0n) is 20.9. The summed E-state index contributed by atoms with van der Waals surface area (Å²) in [6.07, 6.45) is 6.12. The van der Waals surface area contributed by atoms with Crippen molar-refractivity contribution in [1.82, 2.24) is 14.1 Å². The first kappa shape index (κ1) is 25.7. The molecule has 2 aromatic rings. The molecular weight excluding hydrogens is 462 g/mol. The van der Waals surface area contributed by atoms with Crippen molar-refractivity contribution >= 4 is 15.9 Å². The van der Waals surface area contributed by atoms with E-state index < -0.39 is 10.0 Å². The van der Waals surface area contributed by atoms with Crippen molar-refractivity contribution < 1.29 is 17.9 Å². The zero-order chi connectivity index (χ0) is 24.8. The molecule has 1 saturated carbocycles. The molecule has 1 aliphatic carbocycles. The van der Waals surface area contributed by atoms with Gasteiger partial charge in [-0.3, -0.25) is 9.69 Å². The van der Waals surface area contributed by atoms with Gasteiger partial charge in [0.05, 0.1) is 12.0 Å². The second kappa shape index (κ2) is 11.5. The number of ether oxygens (including phenoxy) is 1. The molecule has 0 atom stereocenters. The average Bonchev–Trinajstić information content (AvgIpc) is 2.92. The number of carbonyl (C=O) groups excluding carboxylic acids is 1. The zero-order valence-corrected chi connectivity index (χ0v) is 21.7. The van der Waals surface area contributed by atoms with Gasteiger partial charge >= 0.3 is 0 Å². The summed E-state index contributed by atoms with van der Waals surface area (Å²) in [5, 5.41) is 0. The van der Waals surface area contributed by atoms with Crippen LogP contribution in [0.1, 0.15) is 48.0 Å². The lowest BCUT2D eigenvalue weighted by Gasteiger charge is -2.35. The number of sulfonamides is 1. The maximum atomic E-state index is 13.1. The second-order valence-electron chi connectivity index (χ2n) is 9.57. The minimum atomic E-state index is -3.55. The normalized spacial score (nSPS) is 18.1. The highest BCUT2D eigenvalue weighted by atomic mass is 32.2. The van der Waals surface area contributed by atoms with E-state index in [4.69, 9.17) is 4.74 Å². The molecule has 1 aliphatic heterocycles. The van der Waals surface area contributed by atoms with Crippen molar-refractivity contribution in [1.29, 1.82) is 0 Å². The van der Waals surface area contributed by atoms with Crippen LogP contribution in [0, 0.1) is 0 Å². The number of hydrogen-bond donors (Lipinski definition) is 0. The topological polar surface area (TPSA) is 70.2 Å². The Hall–Kier alpha value is -2.42. The fraction of sp³-hybridized carbons (Fsp3) is 0.519. The summed E-state index contributed by atoms with van der Waals surface area (Å²) in [6.45, 7) is 3.97. The van der Waals surface area contributed by atoms with Crippen molar-refractivity contribution in [3.63, 3.8) is 0 Å². The number of benzene rings is 2. The monoisotopic (exact) mass is 499 g/mol. The van der Waals surface area contributed by atoms with Gasteiger partial charge in [0.15, 0.2) is 0 Å². The van der Waals surface area contributed by atoms with E-state index >= 15 is 0 Å². The maximum absolute atomic E-state index is 13.1. The summed E-state index contributed by atoms with van der Waals surface area (Å²) in [5.74, 6) is 0.826. The number of nitrogens with zero attached hydrogens (tertiary/aromatic N) is 3. The minimum Gasteiger partial charge on any atom is -0.497 e. The highest BCUT2D eigenvalue weighted by molar-refractivity contribution is 7.89. The molecule has 0 bridgehead atoms. The molecule has 0 N–H and O–H groups in total. The first-order valence-electron chi connectivity index (χ1n) is 12.6. The van der Waals surface area contributed by atoms with Crippen molar-refractivity contribution in [3.8, 4) is 5.75 Å². The summed E-state index contributed by atoms with van der Waals surface area (Å²) in [7, 11) is -0.203. The van der Waals surface area contributed by atoms with Crippen LogP contribution < -0.4 is 4.74 Å². The SMILES string of the molecule is COc1ccc(CCN2CCN(C(=O)c3ccc(S(=O)(=O)N(C)C4CCCCC4)cc3)CC2)cc1. The summed E-state index contributed by atoms with van der Waals surface area (Å²) in [5.41, 5.74) is 1.81. The molecule has 0 aromatic heterocycles. The molecule has 0 radical (unpaired) electrons. The predicted molar refractivity (Wildman–Crippen MR) is 137 cm³/mol. The highest BCUT2D eigenvalue weighted by Gasteiger charge is 2.29. The molecule has 7 nitrogen and oxygen atoms in total. The van der Waals surface area contributed by atoms with E-state index in [0.29, 0.717) is 18.7 Å².